The molecule has 2 aliphatic heterocycles. The number of nitrogens with one attached hydrogen (secondary N) is 2. The van der Waals surface area contributed by atoms with E-state index in [0.29, 0.717) is 13.2 Å². The van der Waals surface area contributed by atoms with Crippen molar-refractivity contribution in [1.82, 2.24) is 15.5 Å². The van der Waals surface area contributed by atoms with Crippen LogP contribution in [0.3, 0.4) is 0 Å². The SMILES string of the molecule is c1cc2[nH]nc3c2cc1OCCNCCCOc1cc-3cc(N2CCOCC2)c1. The predicted octanol–water partition coefficient (Wildman–Crippen LogP) is 2.82. The van der Waals surface area contributed by atoms with Crippen molar-refractivity contribution in [3.8, 4) is 22.8 Å². The van der Waals surface area contributed by atoms with Crippen molar-refractivity contribution in [3.05, 3.63) is 36.4 Å². The van der Waals surface area contributed by atoms with Crippen molar-refractivity contribution >= 4 is 16.6 Å². The number of aromatic nitrogens is 2. The first-order valence-corrected chi connectivity index (χ1v) is 10.3. The van der Waals surface area contributed by atoms with Crippen molar-refractivity contribution in [1.29, 1.82) is 0 Å². The third-order valence-corrected chi connectivity index (χ3v) is 5.39. The number of nitrogens with zero attached hydrogens (tertiary/aromatic N) is 2. The first-order chi connectivity index (χ1) is 14.4. The number of fused-ring (bicyclic) bond motifs is 4. The highest BCUT2D eigenvalue weighted by Crippen LogP contribution is 2.35. The number of aromatic amines is 1. The van der Waals surface area contributed by atoms with Crippen LogP contribution >= 0.6 is 0 Å². The zero-order valence-corrected chi connectivity index (χ0v) is 16.4. The van der Waals surface area contributed by atoms with Gasteiger partial charge in [-0.15, -0.1) is 0 Å². The summed E-state index contributed by atoms with van der Waals surface area (Å²) in [7, 11) is 0. The van der Waals surface area contributed by atoms with Gasteiger partial charge in [0.25, 0.3) is 0 Å². The second kappa shape index (κ2) is 8.31. The van der Waals surface area contributed by atoms with E-state index in [1.165, 1.54) is 0 Å². The highest BCUT2D eigenvalue weighted by Gasteiger charge is 2.17. The molecule has 0 saturated carbocycles. The molecular weight excluding hydrogens is 368 g/mol. The van der Waals surface area contributed by atoms with Gasteiger partial charge in [0.15, 0.2) is 0 Å². The quantitative estimate of drug-likeness (QED) is 0.661. The Morgan fingerprint density at radius 2 is 1.76 bits per heavy atom. The smallest absolute Gasteiger partial charge is 0.122 e. The van der Waals surface area contributed by atoms with Gasteiger partial charge in [-0.1, -0.05) is 0 Å². The highest BCUT2D eigenvalue weighted by molar-refractivity contribution is 5.94. The van der Waals surface area contributed by atoms with Crippen LogP contribution in [0.4, 0.5) is 5.69 Å². The lowest BCUT2D eigenvalue weighted by molar-refractivity contribution is 0.122. The Labute approximate surface area is 169 Å². The Hall–Kier alpha value is -2.77. The molecule has 1 fully saturated rings. The fraction of sp³-hybridized carbons (Fsp3) is 0.409. The number of anilines is 1. The fourth-order valence-electron chi connectivity index (χ4n) is 3.86. The van der Waals surface area contributed by atoms with Crippen molar-refractivity contribution in [3.63, 3.8) is 0 Å². The van der Waals surface area contributed by atoms with Gasteiger partial charge in [0, 0.05) is 42.3 Å². The van der Waals surface area contributed by atoms with E-state index in [-0.39, 0.29) is 0 Å². The minimum atomic E-state index is 0.633. The van der Waals surface area contributed by atoms with Crippen LogP contribution in [0, 0.1) is 0 Å². The van der Waals surface area contributed by atoms with Crippen LogP contribution in [-0.4, -0.2) is 62.8 Å². The molecule has 152 valence electrons. The number of hydrogen-bond acceptors (Lipinski definition) is 6. The van der Waals surface area contributed by atoms with Crippen molar-refractivity contribution < 1.29 is 14.2 Å². The van der Waals surface area contributed by atoms with E-state index in [0.717, 1.165) is 85.2 Å². The molecule has 5 rings (SSSR count). The maximum atomic E-state index is 6.11. The van der Waals surface area contributed by atoms with Gasteiger partial charge in [0.2, 0.25) is 0 Å². The molecule has 0 atom stereocenters. The Morgan fingerprint density at radius 3 is 2.69 bits per heavy atom. The van der Waals surface area contributed by atoms with E-state index >= 15 is 0 Å². The molecule has 2 aliphatic rings. The van der Waals surface area contributed by atoms with Crippen LogP contribution in [-0.2, 0) is 4.74 Å². The van der Waals surface area contributed by atoms with Gasteiger partial charge in [0.1, 0.15) is 23.8 Å². The van der Waals surface area contributed by atoms with Crippen LogP contribution in [0.2, 0.25) is 0 Å². The number of hydrogen-bond donors (Lipinski definition) is 2. The molecule has 3 heterocycles. The zero-order valence-electron chi connectivity index (χ0n) is 16.4. The number of benzene rings is 2. The number of H-pyrrole nitrogens is 1. The zero-order chi connectivity index (χ0) is 19.5. The number of morpholine rings is 1. The molecule has 0 amide bonds. The third-order valence-electron chi connectivity index (χ3n) is 5.39. The molecule has 0 unspecified atom stereocenters. The van der Waals surface area contributed by atoms with E-state index in [4.69, 9.17) is 14.2 Å². The monoisotopic (exact) mass is 394 g/mol. The maximum absolute atomic E-state index is 6.11. The highest BCUT2D eigenvalue weighted by atomic mass is 16.5. The summed E-state index contributed by atoms with van der Waals surface area (Å²) in [5.41, 5.74) is 4.10. The van der Waals surface area contributed by atoms with Crippen LogP contribution in [0.5, 0.6) is 11.5 Å². The molecule has 7 nitrogen and oxygen atoms in total. The summed E-state index contributed by atoms with van der Waals surface area (Å²) in [5, 5.41) is 12.2. The summed E-state index contributed by atoms with van der Waals surface area (Å²) < 4.78 is 17.6. The lowest BCUT2D eigenvalue weighted by Crippen LogP contribution is -2.36. The average molecular weight is 394 g/mol. The lowest BCUT2D eigenvalue weighted by Gasteiger charge is -2.29. The van der Waals surface area contributed by atoms with Gasteiger partial charge in [-0.3, -0.25) is 5.10 Å². The normalized spacial score (nSPS) is 18.0. The molecule has 29 heavy (non-hydrogen) atoms. The van der Waals surface area contributed by atoms with E-state index in [2.05, 4.69) is 44.7 Å². The van der Waals surface area contributed by atoms with Crippen molar-refractivity contribution in [2.45, 2.75) is 6.42 Å². The third kappa shape index (κ3) is 4.02. The minimum absolute atomic E-state index is 0.633. The van der Waals surface area contributed by atoms with Gasteiger partial charge in [0.05, 0.1) is 25.3 Å². The largest absolute Gasteiger partial charge is 0.493 e. The number of ether oxygens (including phenoxy) is 3. The van der Waals surface area contributed by atoms with Crippen molar-refractivity contribution in [2.75, 3.05) is 57.5 Å². The summed E-state index contributed by atoms with van der Waals surface area (Å²) in [6, 6.07) is 12.5. The Kier molecular flexibility index (Phi) is 5.23. The topological polar surface area (TPSA) is 71.6 Å². The first-order valence-electron chi connectivity index (χ1n) is 10.3. The van der Waals surface area contributed by atoms with Gasteiger partial charge in [-0.2, -0.15) is 5.10 Å². The van der Waals surface area contributed by atoms with E-state index in [9.17, 15) is 0 Å². The standard InChI is InChI=1S/C22H26N4O3/c1-4-23-5-9-29-18-2-3-21-20(15-18)22(25-24-21)16-12-17(14-19(13-16)28-8-1)26-6-10-27-11-7-26/h2-3,12-15,23H,1,4-11H2,(H,24,25). The second-order valence-electron chi connectivity index (χ2n) is 7.40. The molecule has 0 spiro atoms. The first kappa shape index (κ1) is 18.3. The Bertz CT molecular complexity index is 981. The molecule has 4 bridgehead atoms. The molecular formula is C22H26N4O3. The van der Waals surface area contributed by atoms with Crippen LogP contribution < -0.4 is 19.7 Å². The summed E-state index contributed by atoms with van der Waals surface area (Å²) in [6.07, 6.45) is 0.942. The molecule has 2 aromatic carbocycles. The molecule has 1 aromatic heterocycles. The lowest BCUT2D eigenvalue weighted by atomic mass is 10.1. The maximum Gasteiger partial charge on any atom is 0.122 e. The summed E-state index contributed by atoms with van der Waals surface area (Å²) >= 11 is 0. The Morgan fingerprint density at radius 1 is 0.862 bits per heavy atom. The summed E-state index contributed by atoms with van der Waals surface area (Å²) in [5.74, 6) is 1.74. The van der Waals surface area contributed by atoms with E-state index in [1.807, 2.05) is 12.1 Å². The minimum Gasteiger partial charge on any atom is -0.493 e. The summed E-state index contributed by atoms with van der Waals surface area (Å²) in [4.78, 5) is 2.35. The number of rotatable bonds is 1. The molecule has 0 radical (unpaired) electrons. The van der Waals surface area contributed by atoms with E-state index < -0.39 is 0 Å². The van der Waals surface area contributed by atoms with E-state index in [1.54, 1.807) is 0 Å². The predicted molar refractivity (Wildman–Crippen MR) is 113 cm³/mol. The van der Waals surface area contributed by atoms with Crippen LogP contribution in [0.1, 0.15) is 6.42 Å². The van der Waals surface area contributed by atoms with Gasteiger partial charge in [-0.25, -0.2) is 0 Å². The van der Waals surface area contributed by atoms with Gasteiger partial charge < -0.3 is 24.4 Å². The van der Waals surface area contributed by atoms with Crippen LogP contribution in [0.15, 0.2) is 36.4 Å². The van der Waals surface area contributed by atoms with Crippen LogP contribution in [0.25, 0.3) is 22.2 Å². The summed E-state index contributed by atoms with van der Waals surface area (Å²) in [6.45, 7) is 6.28. The molecule has 7 heteroatoms. The fourth-order valence-corrected chi connectivity index (χ4v) is 3.86. The molecule has 2 N–H and O–H groups in total. The molecule has 1 saturated heterocycles. The molecule has 0 aliphatic carbocycles. The average Bonchev–Trinajstić information content (AvgIpc) is 3.19. The van der Waals surface area contributed by atoms with Crippen molar-refractivity contribution in [2.24, 2.45) is 0 Å². The Balaban J connectivity index is 1.59. The van der Waals surface area contributed by atoms with Gasteiger partial charge in [-0.05, 0) is 43.3 Å². The molecule has 3 aromatic rings. The van der Waals surface area contributed by atoms with Gasteiger partial charge >= 0.3 is 0 Å². The second-order valence-corrected chi connectivity index (χ2v) is 7.40.